The third-order valence-electron chi connectivity index (χ3n) is 2.53. The number of thioether (sulfide) groups is 1. The molecule has 0 spiro atoms. The van der Waals surface area contributed by atoms with Gasteiger partial charge in [0.1, 0.15) is 5.78 Å². The van der Waals surface area contributed by atoms with Crippen LogP contribution < -0.4 is 0 Å². The largest absolute Gasteiger partial charge is 0.298 e. The van der Waals surface area contributed by atoms with Gasteiger partial charge < -0.3 is 0 Å². The Balaban J connectivity index is 1.90. The van der Waals surface area contributed by atoms with Crippen LogP contribution in [0.15, 0.2) is 45.1 Å². The summed E-state index contributed by atoms with van der Waals surface area (Å²) < 4.78 is 1.04. The fourth-order valence-electron chi connectivity index (χ4n) is 1.56. The van der Waals surface area contributed by atoms with Gasteiger partial charge >= 0.3 is 0 Å². The van der Waals surface area contributed by atoms with E-state index in [1.165, 1.54) is 10.5 Å². The number of carbonyl (C=O) groups is 1. The molecule has 1 heterocycles. The van der Waals surface area contributed by atoms with Crippen LogP contribution in [-0.4, -0.2) is 11.5 Å². The monoisotopic (exact) mass is 340 g/mol. The molecule has 1 nitrogen and oxygen atoms in total. The number of rotatable bonds is 5. The molecule has 0 fully saturated rings. The van der Waals surface area contributed by atoms with Crippen molar-refractivity contribution in [3.8, 4) is 0 Å². The molecule has 0 bridgehead atoms. The molecule has 4 heteroatoms. The van der Waals surface area contributed by atoms with Gasteiger partial charge in [-0.25, -0.2) is 0 Å². The predicted octanol–water partition coefficient (Wildman–Crippen LogP) is 4.72. The minimum Gasteiger partial charge on any atom is -0.298 e. The Labute approximate surface area is 124 Å². The second kappa shape index (κ2) is 6.55. The van der Waals surface area contributed by atoms with E-state index in [1.807, 2.05) is 23.6 Å². The first-order chi connectivity index (χ1) is 8.66. The van der Waals surface area contributed by atoms with E-state index >= 15 is 0 Å². The molecule has 94 valence electrons. The number of hydrogen-bond acceptors (Lipinski definition) is 3. The highest BCUT2D eigenvalue weighted by molar-refractivity contribution is 9.10. The lowest BCUT2D eigenvalue weighted by Crippen LogP contribution is -2.04. The Bertz CT molecular complexity index is 548. The maximum atomic E-state index is 11.9. The normalized spacial score (nSPS) is 10.6. The summed E-state index contributed by atoms with van der Waals surface area (Å²) in [6.07, 6.45) is 0.525. The lowest BCUT2D eigenvalue weighted by Gasteiger charge is -2.04. The summed E-state index contributed by atoms with van der Waals surface area (Å²) in [5.41, 5.74) is 1.23. The summed E-state index contributed by atoms with van der Waals surface area (Å²) in [7, 11) is 0. The number of ketones is 1. The fourth-order valence-corrected chi connectivity index (χ4v) is 3.97. The lowest BCUT2D eigenvalue weighted by atomic mass is 10.2. The highest BCUT2D eigenvalue weighted by Gasteiger charge is 2.09. The average molecular weight is 341 g/mol. The van der Waals surface area contributed by atoms with Crippen molar-refractivity contribution in [1.29, 1.82) is 0 Å². The number of carbonyl (C=O) groups excluding carboxylic acids is 1. The Morgan fingerprint density at radius 3 is 2.78 bits per heavy atom. The second-order valence-electron chi connectivity index (χ2n) is 3.96. The third kappa shape index (κ3) is 3.70. The molecule has 18 heavy (non-hydrogen) atoms. The summed E-state index contributed by atoms with van der Waals surface area (Å²) in [5, 5.41) is 2.00. The van der Waals surface area contributed by atoms with E-state index in [0.717, 1.165) is 9.35 Å². The predicted molar refractivity (Wildman–Crippen MR) is 82.6 cm³/mol. The van der Waals surface area contributed by atoms with Crippen molar-refractivity contribution >= 4 is 44.8 Å². The van der Waals surface area contributed by atoms with Crippen LogP contribution in [-0.2, 0) is 11.2 Å². The molecule has 0 saturated carbocycles. The molecule has 0 saturated heterocycles. The minimum absolute atomic E-state index is 0.270. The number of halogens is 1. The fraction of sp³-hybridized carbons (Fsp3) is 0.214. The van der Waals surface area contributed by atoms with Crippen molar-refractivity contribution < 1.29 is 4.79 Å². The third-order valence-corrected chi connectivity index (χ3v) is 5.69. The van der Waals surface area contributed by atoms with Crippen LogP contribution in [0.4, 0.5) is 0 Å². The van der Waals surface area contributed by atoms with Crippen LogP contribution in [0.25, 0.3) is 0 Å². The van der Waals surface area contributed by atoms with Crippen LogP contribution in [0.5, 0.6) is 0 Å². The van der Waals surface area contributed by atoms with Crippen LogP contribution in [0.1, 0.15) is 10.4 Å². The van der Waals surface area contributed by atoms with Crippen LogP contribution >= 0.6 is 39.0 Å². The maximum Gasteiger partial charge on any atom is 0.148 e. The van der Waals surface area contributed by atoms with Gasteiger partial charge in [-0.05, 0) is 45.9 Å². The Hall–Kier alpha value is -0.580. The van der Waals surface area contributed by atoms with E-state index in [2.05, 4.69) is 35.0 Å². The molecule has 0 aliphatic carbocycles. The molecule has 1 aromatic heterocycles. The summed E-state index contributed by atoms with van der Waals surface area (Å²) in [4.78, 5) is 14.2. The molecule has 0 aliphatic rings. The summed E-state index contributed by atoms with van der Waals surface area (Å²) in [6, 6.07) is 10.2. The van der Waals surface area contributed by atoms with Gasteiger partial charge in [0.25, 0.3) is 0 Å². The maximum absolute atomic E-state index is 11.9. The van der Waals surface area contributed by atoms with Gasteiger partial charge in [0.15, 0.2) is 0 Å². The van der Waals surface area contributed by atoms with Gasteiger partial charge in [0.05, 0.1) is 5.75 Å². The molecule has 0 atom stereocenters. The van der Waals surface area contributed by atoms with Gasteiger partial charge in [0.2, 0.25) is 0 Å². The highest BCUT2D eigenvalue weighted by Crippen LogP contribution is 2.25. The van der Waals surface area contributed by atoms with E-state index in [9.17, 15) is 4.79 Å². The number of thiophene rings is 1. The van der Waals surface area contributed by atoms with Gasteiger partial charge in [-0.15, -0.1) is 23.1 Å². The SMILES string of the molecule is Cc1ccccc1SCC(=O)Cc1sccc1Br. The summed E-state index contributed by atoms with van der Waals surface area (Å²) >= 11 is 6.70. The molecule has 2 aromatic rings. The van der Waals surface area contributed by atoms with E-state index < -0.39 is 0 Å². The Morgan fingerprint density at radius 2 is 2.11 bits per heavy atom. The van der Waals surface area contributed by atoms with Crippen LogP contribution in [0.2, 0.25) is 0 Å². The quantitative estimate of drug-likeness (QED) is 0.732. The first kappa shape index (κ1) is 13.8. The second-order valence-corrected chi connectivity index (χ2v) is 6.83. The standard InChI is InChI=1S/C14H13BrOS2/c1-10-4-2-3-5-13(10)18-9-11(16)8-14-12(15)6-7-17-14/h2-7H,8-9H2,1H3. The molecule has 0 radical (unpaired) electrons. The first-order valence-electron chi connectivity index (χ1n) is 5.59. The molecule has 0 unspecified atom stereocenters. The summed E-state index contributed by atoms with van der Waals surface area (Å²) in [5.74, 6) is 0.807. The van der Waals surface area contributed by atoms with Gasteiger partial charge in [-0.2, -0.15) is 0 Å². The molecule has 1 aromatic carbocycles. The van der Waals surface area contributed by atoms with E-state index in [1.54, 1.807) is 23.1 Å². The smallest absolute Gasteiger partial charge is 0.148 e. The van der Waals surface area contributed by atoms with Gasteiger partial charge in [-0.3, -0.25) is 4.79 Å². The zero-order valence-corrected chi connectivity index (χ0v) is 13.2. The van der Waals surface area contributed by atoms with E-state index in [-0.39, 0.29) is 5.78 Å². The molecule has 0 N–H and O–H groups in total. The Kier molecular flexibility index (Phi) is 5.03. The highest BCUT2D eigenvalue weighted by atomic mass is 79.9. The topological polar surface area (TPSA) is 17.1 Å². The van der Waals surface area contributed by atoms with Gasteiger partial charge in [-0.1, -0.05) is 18.2 Å². The molecular weight excluding hydrogens is 328 g/mol. The number of hydrogen-bond donors (Lipinski definition) is 0. The molecule has 0 aliphatic heterocycles. The van der Waals surface area contributed by atoms with Crippen molar-refractivity contribution in [3.05, 3.63) is 50.6 Å². The van der Waals surface area contributed by atoms with E-state index in [0.29, 0.717) is 12.2 Å². The van der Waals surface area contributed by atoms with Crippen molar-refractivity contribution in [2.45, 2.75) is 18.2 Å². The van der Waals surface area contributed by atoms with Crippen molar-refractivity contribution in [2.75, 3.05) is 5.75 Å². The van der Waals surface area contributed by atoms with E-state index in [4.69, 9.17) is 0 Å². The number of Topliss-reactive ketones (excluding diaryl/α,β-unsaturated/α-hetero) is 1. The summed E-state index contributed by atoms with van der Waals surface area (Å²) in [6.45, 7) is 2.07. The van der Waals surface area contributed by atoms with Crippen molar-refractivity contribution in [3.63, 3.8) is 0 Å². The first-order valence-corrected chi connectivity index (χ1v) is 8.24. The van der Waals surface area contributed by atoms with Crippen LogP contribution in [0.3, 0.4) is 0 Å². The molecule has 2 rings (SSSR count). The molecule has 0 amide bonds. The Morgan fingerprint density at radius 1 is 1.33 bits per heavy atom. The van der Waals surface area contributed by atoms with Crippen molar-refractivity contribution in [1.82, 2.24) is 0 Å². The minimum atomic E-state index is 0.270. The van der Waals surface area contributed by atoms with Gasteiger partial charge in [0, 0.05) is 20.7 Å². The average Bonchev–Trinajstić information content (AvgIpc) is 2.74. The van der Waals surface area contributed by atoms with Crippen molar-refractivity contribution in [2.24, 2.45) is 0 Å². The molecular formula is C14H13BrOS2. The lowest BCUT2D eigenvalue weighted by molar-refractivity contribution is -0.115. The zero-order valence-electron chi connectivity index (χ0n) is 9.98. The number of benzene rings is 1. The number of aryl methyl sites for hydroxylation is 1. The van der Waals surface area contributed by atoms with Crippen LogP contribution in [0, 0.1) is 6.92 Å². The zero-order chi connectivity index (χ0) is 13.0.